The lowest BCUT2D eigenvalue weighted by atomic mass is 9.98. The molecule has 7 nitrogen and oxygen atoms in total. The van der Waals surface area contributed by atoms with Crippen LogP contribution in [0.4, 0.5) is 8.78 Å². The van der Waals surface area contributed by atoms with Gasteiger partial charge >= 0.3 is 0 Å². The van der Waals surface area contributed by atoms with Crippen LogP contribution in [-0.4, -0.2) is 53.7 Å². The van der Waals surface area contributed by atoms with Crippen molar-refractivity contribution in [3.8, 4) is 0 Å². The van der Waals surface area contributed by atoms with Gasteiger partial charge in [0, 0.05) is 38.0 Å². The Bertz CT molecular complexity index is 861. The maximum Gasteiger partial charge on any atom is 0.264 e. The summed E-state index contributed by atoms with van der Waals surface area (Å²) in [6.07, 6.45) is 1.31. The monoisotopic (exact) mass is 420 g/mol. The van der Waals surface area contributed by atoms with Crippen molar-refractivity contribution in [1.82, 2.24) is 20.9 Å². The predicted molar refractivity (Wildman–Crippen MR) is 105 cm³/mol. The van der Waals surface area contributed by atoms with Gasteiger partial charge in [-0.25, -0.2) is 8.78 Å². The highest BCUT2D eigenvalue weighted by Gasteiger charge is 2.41. The van der Waals surface area contributed by atoms with Crippen molar-refractivity contribution < 1.29 is 23.2 Å². The second-order valence-electron chi connectivity index (χ2n) is 8.18. The van der Waals surface area contributed by atoms with E-state index in [0.717, 1.165) is 17.7 Å². The molecular formula is C21H26F2N4O3. The Hall–Kier alpha value is -2.39. The second kappa shape index (κ2) is 8.39. The highest BCUT2D eigenvalue weighted by molar-refractivity contribution is 6.05. The van der Waals surface area contributed by atoms with E-state index in [9.17, 15) is 23.2 Å². The topological polar surface area (TPSA) is 90.5 Å². The zero-order valence-electron chi connectivity index (χ0n) is 16.7. The lowest BCUT2D eigenvalue weighted by Gasteiger charge is -2.30. The van der Waals surface area contributed by atoms with Crippen molar-refractivity contribution in [3.05, 3.63) is 34.9 Å². The third kappa shape index (κ3) is 4.09. The first-order valence-corrected chi connectivity index (χ1v) is 10.4. The van der Waals surface area contributed by atoms with E-state index in [2.05, 4.69) is 16.0 Å². The Morgan fingerprint density at radius 2 is 2.00 bits per heavy atom. The number of benzene rings is 1. The first-order valence-electron chi connectivity index (χ1n) is 10.4. The van der Waals surface area contributed by atoms with Crippen molar-refractivity contribution in [2.45, 2.75) is 63.2 Å². The van der Waals surface area contributed by atoms with E-state index in [1.54, 1.807) is 12.1 Å². The molecular weight excluding hydrogens is 394 g/mol. The molecule has 4 rings (SSSR count). The van der Waals surface area contributed by atoms with E-state index >= 15 is 0 Å². The Kier molecular flexibility index (Phi) is 5.84. The molecule has 3 aliphatic heterocycles. The van der Waals surface area contributed by atoms with Gasteiger partial charge in [0.25, 0.3) is 11.8 Å². The molecule has 0 radical (unpaired) electrons. The lowest BCUT2D eigenvalue weighted by Crippen LogP contribution is -2.52. The zero-order chi connectivity index (χ0) is 21.3. The first kappa shape index (κ1) is 20.9. The molecule has 0 spiro atoms. The van der Waals surface area contributed by atoms with Crippen LogP contribution in [0.15, 0.2) is 18.2 Å². The van der Waals surface area contributed by atoms with Gasteiger partial charge < -0.3 is 15.5 Å². The lowest BCUT2D eigenvalue weighted by molar-refractivity contribution is -0.136. The van der Waals surface area contributed by atoms with Crippen molar-refractivity contribution in [1.29, 1.82) is 0 Å². The maximum absolute atomic E-state index is 14.5. The van der Waals surface area contributed by atoms with Crippen molar-refractivity contribution in [2.24, 2.45) is 0 Å². The van der Waals surface area contributed by atoms with E-state index in [0.29, 0.717) is 31.4 Å². The summed E-state index contributed by atoms with van der Waals surface area (Å²) in [5, 5.41) is 8.32. The van der Waals surface area contributed by atoms with Gasteiger partial charge in [-0.3, -0.25) is 19.7 Å². The van der Waals surface area contributed by atoms with Gasteiger partial charge in [0.2, 0.25) is 11.8 Å². The number of carbonyl (C=O) groups is 3. The molecule has 3 N–H and O–H groups in total. The molecule has 3 amide bonds. The minimum Gasteiger partial charge on any atom is -0.322 e. The summed E-state index contributed by atoms with van der Waals surface area (Å²) in [6, 6.07) is 3.66. The molecule has 0 bridgehead atoms. The summed E-state index contributed by atoms with van der Waals surface area (Å²) in [5.74, 6) is -3.86. The molecule has 3 heterocycles. The predicted octanol–water partition coefficient (Wildman–Crippen LogP) is 1.31. The largest absolute Gasteiger partial charge is 0.322 e. The number of fused-ring (bicyclic) bond motifs is 1. The Morgan fingerprint density at radius 1 is 1.17 bits per heavy atom. The summed E-state index contributed by atoms with van der Waals surface area (Å²) >= 11 is 0. The fourth-order valence-electron chi connectivity index (χ4n) is 4.50. The van der Waals surface area contributed by atoms with Gasteiger partial charge in [-0.15, -0.1) is 0 Å². The van der Waals surface area contributed by atoms with Crippen LogP contribution in [0.1, 0.15) is 53.6 Å². The van der Waals surface area contributed by atoms with Gasteiger partial charge in [0.05, 0.1) is 6.04 Å². The molecule has 2 saturated heterocycles. The number of nitrogens with zero attached hydrogens (tertiary/aromatic N) is 1. The molecule has 0 aromatic heterocycles. The number of nitrogens with one attached hydrogen (secondary N) is 3. The van der Waals surface area contributed by atoms with Gasteiger partial charge in [-0.2, -0.15) is 0 Å². The summed E-state index contributed by atoms with van der Waals surface area (Å²) in [7, 11) is 0. The average molecular weight is 420 g/mol. The molecule has 2 fully saturated rings. The van der Waals surface area contributed by atoms with Crippen molar-refractivity contribution >= 4 is 17.7 Å². The Labute approximate surface area is 173 Å². The van der Waals surface area contributed by atoms with Crippen molar-refractivity contribution in [3.63, 3.8) is 0 Å². The van der Waals surface area contributed by atoms with Crippen molar-refractivity contribution in [2.75, 3.05) is 13.1 Å². The van der Waals surface area contributed by atoms with Crippen LogP contribution in [0.5, 0.6) is 0 Å². The van der Waals surface area contributed by atoms with Gasteiger partial charge in [-0.1, -0.05) is 12.1 Å². The fourth-order valence-corrected chi connectivity index (χ4v) is 4.50. The minimum absolute atomic E-state index is 0.191. The Balaban J connectivity index is 1.48. The molecule has 2 atom stereocenters. The second-order valence-corrected chi connectivity index (χ2v) is 8.18. The van der Waals surface area contributed by atoms with E-state index in [4.69, 9.17) is 0 Å². The smallest absolute Gasteiger partial charge is 0.264 e. The third-order valence-electron chi connectivity index (χ3n) is 6.21. The van der Waals surface area contributed by atoms with Crippen LogP contribution in [0.2, 0.25) is 0 Å². The number of hydrogen-bond donors (Lipinski definition) is 3. The first-order chi connectivity index (χ1) is 14.4. The summed E-state index contributed by atoms with van der Waals surface area (Å²) in [5.41, 5.74) is 2.04. The molecule has 3 aliphatic rings. The average Bonchev–Trinajstić information content (AvgIpc) is 3.02. The normalized spacial score (nSPS) is 26.7. The van der Waals surface area contributed by atoms with E-state index < -0.39 is 23.9 Å². The maximum atomic E-state index is 14.5. The molecule has 1 aromatic rings. The minimum atomic E-state index is -2.81. The van der Waals surface area contributed by atoms with Crippen LogP contribution >= 0.6 is 0 Å². The molecule has 0 saturated carbocycles. The number of amides is 3. The zero-order valence-corrected chi connectivity index (χ0v) is 16.7. The number of halogens is 2. The molecule has 30 heavy (non-hydrogen) atoms. The van der Waals surface area contributed by atoms with Crippen LogP contribution in [0.25, 0.3) is 0 Å². The van der Waals surface area contributed by atoms with Crippen LogP contribution < -0.4 is 16.0 Å². The van der Waals surface area contributed by atoms with Gasteiger partial charge in [0.1, 0.15) is 6.04 Å². The highest BCUT2D eigenvalue weighted by atomic mass is 19.3. The number of imide groups is 1. The highest BCUT2D eigenvalue weighted by Crippen LogP contribution is 2.31. The number of carbonyl (C=O) groups excluding carboxylic acids is 3. The number of rotatable bonds is 4. The summed E-state index contributed by atoms with van der Waals surface area (Å²) in [4.78, 5) is 38.0. The van der Waals surface area contributed by atoms with Crippen LogP contribution in [0.3, 0.4) is 0 Å². The molecule has 1 aromatic carbocycles. The molecule has 9 heteroatoms. The SMILES string of the molecule is O=C1CCC(N2Cc3c(CNC4CCCNCCC4(F)F)cccc3C2=O)C(=O)N1. The quantitative estimate of drug-likeness (QED) is 0.639. The summed E-state index contributed by atoms with van der Waals surface area (Å²) in [6.45, 7) is 1.49. The van der Waals surface area contributed by atoms with Gasteiger partial charge in [-0.05, 0) is 43.0 Å². The van der Waals surface area contributed by atoms with E-state index in [-0.39, 0.29) is 37.7 Å². The van der Waals surface area contributed by atoms with Crippen LogP contribution in [0, 0.1) is 0 Å². The fraction of sp³-hybridized carbons (Fsp3) is 0.571. The Morgan fingerprint density at radius 3 is 2.80 bits per heavy atom. The summed E-state index contributed by atoms with van der Waals surface area (Å²) < 4.78 is 29.0. The molecule has 2 unspecified atom stereocenters. The molecule has 162 valence electrons. The third-order valence-corrected chi connectivity index (χ3v) is 6.21. The number of alkyl halides is 2. The van der Waals surface area contributed by atoms with Gasteiger partial charge in [0.15, 0.2) is 0 Å². The standard InChI is InChI=1S/C21H26F2N4O3/c22-21(23)8-10-24-9-2-5-17(21)25-11-13-3-1-4-14-15(13)12-27(20(14)30)16-6-7-18(28)26-19(16)29/h1,3-4,16-17,24-25H,2,5-12H2,(H,26,28,29). The van der Waals surface area contributed by atoms with Crippen LogP contribution in [-0.2, 0) is 22.7 Å². The molecule has 0 aliphatic carbocycles. The number of hydrogen-bond acceptors (Lipinski definition) is 5. The number of piperidine rings is 1. The van der Waals surface area contributed by atoms with E-state index in [1.165, 1.54) is 4.90 Å². The van der Waals surface area contributed by atoms with E-state index in [1.807, 2.05) is 6.07 Å².